The first-order valence-electron chi connectivity index (χ1n) is 13.6. The summed E-state index contributed by atoms with van der Waals surface area (Å²) in [5.41, 5.74) is 0. The number of hydrogen-bond donors (Lipinski definition) is 1. The molecule has 204 valence electrons. The lowest BCUT2D eigenvalue weighted by Crippen LogP contribution is -2.56. The van der Waals surface area contributed by atoms with E-state index in [4.69, 9.17) is 23.4 Å². The van der Waals surface area contributed by atoms with E-state index in [1.54, 1.807) is 7.11 Å². The highest BCUT2D eigenvalue weighted by Gasteiger charge is 2.43. The summed E-state index contributed by atoms with van der Waals surface area (Å²) in [6.07, 6.45) is 11.7. The molecule has 0 aromatic heterocycles. The van der Waals surface area contributed by atoms with Crippen LogP contribution in [-0.4, -0.2) is 64.1 Å². The number of aliphatic hydroxyl groups is 1. The summed E-state index contributed by atoms with van der Waals surface area (Å²) in [4.78, 5) is 0. The summed E-state index contributed by atoms with van der Waals surface area (Å²) in [7, 11) is -0.0442. The van der Waals surface area contributed by atoms with Crippen LogP contribution in [0.5, 0.6) is 0 Å². The Hall–Kier alpha value is -0.0231. The molecule has 0 bridgehead atoms. The minimum absolute atomic E-state index is 0.0845. The molecule has 4 atom stereocenters. The summed E-state index contributed by atoms with van der Waals surface area (Å²) in [5, 5.41) is 10.0. The topological polar surface area (TPSA) is 66.4 Å². The van der Waals surface area contributed by atoms with E-state index in [1.165, 1.54) is 51.4 Å². The van der Waals surface area contributed by atoms with Gasteiger partial charge in [0.15, 0.2) is 14.1 Å². The van der Waals surface area contributed by atoms with Crippen molar-refractivity contribution >= 4 is 8.32 Å². The van der Waals surface area contributed by atoms with Crippen molar-refractivity contribution in [3.05, 3.63) is 0 Å². The quantitative estimate of drug-likeness (QED) is 0.133. The molecule has 0 aromatic carbocycles. The minimum atomic E-state index is -1.64. The van der Waals surface area contributed by atoms with E-state index >= 15 is 0 Å². The number of methoxy groups -OCH3 is 1. The number of rotatable bonds is 17. The predicted octanol–water partition coefficient (Wildman–Crippen LogP) is 6.80. The summed E-state index contributed by atoms with van der Waals surface area (Å²) in [6.45, 7) is 17.7. The summed E-state index contributed by atoms with van der Waals surface area (Å²) >= 11 is 0. The molecule has 0 aliphatic carbocycles. The molecule has 0 radical (unpaired) electrons. The lowest BCUT2D eigenvalue weighted by Gasteiger charge is -2.45. The monoisotopic (exact) mass is 504 g/mol. The standard InChI is InChI=1S/C27H56O6Si/c1-22(33-34(8,9)26(2,3)4)18-16-14-12-10-11-13-15-17-19-23-25(30-21-29-7)24(20-28)32-27(5,6)31-23/h22-25,28H,10-21H2,1-9H3/t22-,23+,24+,25-/m0/s1. The van der Waals surface area contributed by atoms with Gasteiger partial charge >= 0.3 is 0 Å². The molecular formula is C27H56O6Si. The maximum Gasteiger partial charge on any atom is 0.192 e. The zero-order chi connectivity index (χ0) is 25.8. The van der Waals surface area contributed by atoms with Gasteiger partial charge in [-0.25, -0.2) is 0 Å². The van der Waals surface area contributed by atoms with Crippen molar-refractivity contribution in [3.8, 4) is 0 Å². The van der Waals surface area contributed by atoms with Gasteiger partial charge in [-0.05, 0) is 51.7 Å². The van der Waals surface area contributed by atoms with E-state index < -0.39 is 14.1 Å². The molecule has 1 saturated heterocycles. The van der Waals surface area contributed by atoms with Crippen molar-refractivity contribution in [1.82, 2.24) is 0 Å². The van der Waals surface area contributed by atoms with E-state index in [9.17, 15) is 5.11 Å². The fourth-order valence-electron chi connectivity index (χ4n) is 4.43. The Morgan fingerprint density at radius 1 is 0.912 bits per heavy atom. The van der Waals surface area contributed by atoms with Gasteiger partial charge in [-0.2, -0.15) is 0 Å². The second-order valence-corrected chi connectivity index (χ2v) is 16.8. The molecular weight excluding hydrogens is 448 g/mol. The number of unbranched alkanes of at least 4 members (excludes halogenated alkanes) is 7. The lowest BCUT2D eigenvalue weighted by atomic mass is 9.98. The van der Waals surface area contributed by atoms with Crippen LogP contribution in [0, 0.1) is 0 Å². The van der Waals surface area contributed by atoms with Gasteiger partial charge in [-0.1, -0.05) is 72.1 Å². The summed E-state index contributed by atoms with van der Waals surface area (Å²) in [6, 6.07) is 0. The number of ether oxygens (including phenoxy) is 4. The normalized spacial score (nSPS) is 24.4. The van der Waals surface area contributed by atoms with E-state index in [2.05, 4.69) is 40.8 Å². The van der Waals surface area contributed by atoms with Crippen LogP contribution in [-0.2, 0) is 23.4 Å². The van der Waals surface area contributed by atoms with E-state index in [0.717, 1.165) is 12.8 Å². The third-order valence-corrected chi connectivity index (χ3v) is 11.9. The predicted molar refractivity (Wildman–Crippen MR) is 142 cm³/mol. The molecule has 6 nitrogen and oxygen atoms in total. The first kappa shape index (κ1) is 32.0. The maximum atomic E-state index is 9.75. The molecule has 7 heteroatoms. The number of aliphatic hydroxyl groups excluding tert-OH is 1. The molecule has 1 fully saturated rings. The highest BCUT2D eigenvalue weighted by Crippen LogP contribution is 2.37. The van der Waals surface area contributed by atoms with E-state index in [-0.39, 0.29) is 36.7 Å². The minimum Gasteiger partial charge on any atom is -0.414 e. The highest BCUT2D eigenvalue weighted by molar-refractivity contribution is 6.74. The maximum absolute atomic E-state index is 9.75. The van der Waals surface area contributed by atoms with Crippen LogP contribution in [0.2, 0.25) is 18.1 Å². The van der Waals surface area contributed by atoms with E-state index in [1.807, 2.05) is 13.8 Å². The zero-order valence-electron chi connectivity index (χ0n) is 23.8. The van der Waals surface area contributed by atoms with Crippen LogP contribution in [0.25, 0.3) is 0 Å². The SMILES string of the molecule is COCO[C@@H]1[C@@H](CO)OC(C)(C)O[C@@H]1CCCCCCCCCC[C@H](C)O[Si](C)(C)C(C)(C)C. The lowest BCUT2D eigenvalue weighted by molar-refractivity contribution is -0.348. The van der Waals surface area contributed by atoms with Gasteiger partial charge in [0, 0.05) is 13.2 Å². The molecule has 1 heterocycles. The van der Waals surface area contributed by atoms with Crippen molar-refractivity contribution in [2.75, 3.05) is 20.5 Å². The molecule has 0 aromatic rings. The molecule has 0 unspecified atom stereocenters. The van der Waals surface area contributed by atoms with Crippen molar-refractivity contribution in [2.24, 2.45) is 0 Å². The highest BCUT2D eigenvalue weighted by atomic mass is 28.4. The smallest absolute Gasteiger partial charge is 0.192 e. The van der Waals surface area contributed by atoms with Crippen molar-refractivity contribution in [1.29, 1.82) is 0 Å². The molecule has 0 amide bonds. The largest absolute Gasteiger partial charge is 0.414 e. The molecule has 1 aliphatic rings. The Morgan fingerprint density at radius 3 is 1.97 bits per heavy atom. The van der Waals surface area contributed by atoms with Gasteiger partial charge in [-0.3, -0.25) is 0 Å². The summed E-state index contributed by atoms with van der Waals surface area (Å²) < 4.78 is 29.3. The second-order valence-electron chi connectivity index (χ2n) is 12.0. The van der Waals surface area contributed by atoms with Crippen LogP contribution in [0.15, 0.2) is 0 Å². The van der Waals surface area contributed by atoms with Gasteiger partial charge in [-0.15, -0.1) is 0 Å². The average Bonchev–Trinajstić information content (AvgIpc) is 2.72. The van der Waals surface area contributed by atoms with Gasteiger partial charge in [0.1, 0.15) is 19.0 Å². The average molecular weight is 505 g/mol. The van der Waals surface area contributed by atoms with Crippen molar-refractivity contribution < 1.29 is 28.5 Å². The molecule has 0 spiro atoms. The van der Waals surface area contributed by atoms with Gasteiger partial charge in [0.25, 0.3) is 0 Å². The van der Waals surface area contributed by atoms with Gasteiger partial charge in [0.05, 0.1) is 12.7 Å². The van der Waals surface area contributed by atoms with Crippen molar-refractivity contribution in [3.63, 3.8) is 0 Å². The van der Waals surface area contributed by atoms with Crippen LogP contribution in [0.4, 0.5) is 0 Å². The fraction of sp³-hybridized carbons (Fsp3) is 1.00. The molecule has 1 rings (SSSR count). The molecule has 1 N–H and O–H groups in total. The first-order valence-corrected chi connectivity index (χ1v) is 16.5. The third kappa shape index (κ3) is 11.8. The summed E-state index contributed by atoms with van der Waals surface area (Å²) in [5.74, 6) is -0.710. The Morgan fingerprint density at radius 2 is 1.44 bits per heavy atom. The Balaban J connectivity index is 2.17. The number of hydrogen-bond acceptors (Lipinski definition) is 6. The Kier molecular flexibility index (Phi) is 14.4. The van der Waals surface area contributed by atoms with Crippen LogP contribution < -0.4 is 0 Å². The third-order valence-electron chi connectivity index (χ3n) is 7.31. The first-order chi connectivity index (χ1) is 15.8. The second kappa shape index (κ2) is 15.3. The Bertz CT molecular complexity index is 534. The van der Waals surface area contributed by atoms with Gasteiger partial charge < -0.3 is 28.5 Å². The molecule has 1 aliphatic heterocycles. The van der Waals surface area contributed by atoms with E-state index in [0.29, 0.717) is 6.10 Å². The van der Waals surface area contributed by atoms with Gasteiger partial charge in [0.2, 0.25) is 0 Å². The van der Waals surface area contributed by atoms with Crippen LogP contribution in [0.3, 0.4) is 0 Å². The molecule has 34 heavy (non-hydrogen) atoms. The fourth-order valence-corrected chi connectivity index (χ4v) is 5.91. The molecule has 0 saturated carbocycles. The zero-order valence-corrected chi connectivity index (χ0v) is 24.8. The van der Waals surface area contributed by atoms with Crippen molar-refractivity contribution in [2.45, 2.75) is 154 Å². The van der Waals surface area contributed by atoms with Crippen LogP contribution in [0.1, 0.15) is 106 Å². The van der Waals surface area contributed by atoms with Crippen LogP contribution >= 0.6 is 0 Å². The Labute approximate surface area is 211 Å².